The molecular formula is C25H29N5O3. The summed E-state index contributed by atoms with van der Waals surface area (Å²) in [5, 5.41) is 5.07. The molecule has 0 atom stereocenters. The third-order valence-corrected chi connectivity index (χ3v) is 6.75. The third kappa shape index (κ3) is 4.18. The van der Waals surface area contributed by atoms with E-state index in [1.807, 2.05) is 12.1 Å². The van der Waals surface area contributed by atoms with Crippen LogP contribution in [0.15, 0.2) is 36.4 Å². The lowest BCUT2D eigenvalue weighted by Crippen LogP contribution is -2.56. The number of amides is 4. The fourth-order valence-corrected chi connectivity index (χ4v) is 5.00. The first-order chi connectivity index (χ1) is 15.9. The van der Waals surface area contributed by atoms with Gasteiger partial charge in [0.2, 0.25) is 5.91 Å². The van der Waals surface area contributed by atoms with Crippen molar-refractivity contribution in [2.24, 2.45) is 0 Å². The number of imide groups is 1. The van der Waals surface area contributed by atoms with Crippen LogP contribution in [0, 0.1) is 13.8 Å². The Morgan fingerprint density at radius 2 is 1.67 bits per heavy atom. The molecule has 3 aliphatic heterocycles. The second kappa shape index (κ2) is 8.51. The molecule has 5 rings (SSSR count). The molecule has 2 aromatic carbocycles. The molecule has 0 aliphatic carbocycles. The largest absolute Gasteiger partial charge is 0.369 e. The van der Waals surface area contributed by atoms with Gasteiger partial charge in [-0.2, -0.15) is 0 Å². The zero-order valence-corrected chi connectivity index (χ0v) is 19.1. The van der Waals surface area contributed by atoms with Gasteiger partial charge in [-0.1, -0.05) is 29.8 Å². The minimum Gasteiger partial charge on any atom is -0.369 e. The molecule has 0 unspecified atom stereocenters. The number of nitrogens with one attached hydrogen (secondary N) is 1. The van der Waals surface area contributed by atoms with E-state index in [-0.39, 0.29) is 24.8 Å². The van der Waals surface area contributed by atoms with E-state index in [0.29, 0.717) is 12.1 Å². The van der Waals surface area contributed by atoms with Gasteiger partial charge in [0.1, 0.15) is 0 Å². The molecule has 172 valence electrons. The minimum absolute atomic E-state index is 0.192. The summed E-state index contributed by atoms with van der Waals surface area (Å²) in [5.74, 6) is -0.497. The molecule has 0 bridgehead atoms. The molecule has 0 aromatic heterocycles. The molecule has 3 aliphatic rings. The van der Waals surface area contributed by atoms with Crippen molar-refractivity contribution in [2.45, 2.75) is 33.4 Å². The Morgan fingerprint density at radius 3 is 2.39 bits per heavy atom. The zero-order valence-electron chi connectivity index (χ0n) is 19.1. The van der Waals surface area contributed by atoms with Crippen molar-refractivity contribution in [1.82, 2.24) is 20.2 Å². The Kier molecular flexibility index (Phi) is 5.54. The smallest absolute Gasteiger partial charge is 0.342 e. The number of aryl methyl sites for hydroxylation is 2. The van der Waals surface area contributed by atoms with Crippen LogP contribution in [0.2, 0.25) is 0 Å². The number of hydrazine groups is 1. The molecule has 0 radical (unpaired) electrons. The van der Waals surface area contributed by atoms with Gasteiger partial charge in [-0.25, -0.2) is 14.8 Å². The number of piperazine rings is 1. The predicted molar refractivity (Wildman–Crippen MR) is 125 cm³/mol. The zero-order chi connectivity index (χ0) is 23.1. The van der Waals surface area contributed by atoms with Crippen molar-refractivity contribution in [3.63, 3.8) is 0 Å². The number of urea groups is 1. The summed E-state index contributed by atoms with van der Waals surface area (Å²) in [4.78, 5) is 41.4. The van der Waals surface area contributed by atoms with E-state index in [4.69, 9.17) is 0 Å². The number of carbonyl (C=O) groups excluding carboxylic acids is 3. The van der Waals surface area contributed by atoms with Crippen LogP contribution in [0.1, 0.15) is 39.0 Å². The van der Waals surface area contributed by atoms with Gasteiger partial charge in [0.15, 0.2) is 0 Å². The van der Waals surface area contributed by atoms with Crippen LogP contribution in [0.3, 0.4) is 0 Å². The lowest BCUT2D eigenvalue weighted by atomic mass is 10.1. The highest BCUT2D eigenvalue weighted by molar-refractivity contribution is 6.01. The number of benzene rings is 2. The van der Waals surface area contributed by atoms with Crippen molar-refractivity contribution in [3.8, 4) is 0 Å². The SMILES string of the molecule is Cc1ccc(N2CCN(Cc3ccc4c(c3)CN(N3CCC(=O)NC3=O)C4=O)CC2)c(C)c1. The van der Waals surface area contributed by atoms with Gasteiger partial charge >= 0.3 is 6.03 Å². The molecule has 4 amide bonds. The topological polar surface area (TPSA) is 76.2 Å². The predicted octanol–water partition coefficient (Wildman–Crippen LogP) is 2.44. The van der Waals surface area contributed by atoms with Crippen molar-refractivity contribution >= 4 is 23.5 Å². The fraction of sp³-hybridized carbons (Fsp3) is 0.400. The van der Waals surface area contributed by atoms with Gasteiger partial charge < -0.3 is 4.90 Å². The Labute approximate surface area is 193 Å². The second-order valence-corrected chi connectivity index (χ2v) is 9.13. The molecule has 8 nitrogen and oxygen atoms in total. The molecule has 0 saturated carbocycles. The summed E-state index contributed by atoms with van der Waals surface area (Å²) >= 11 is 0. The number of hydrogen-bond acceptors (Lipinski definition) is 5. The highest BCUT2D eigenvalue weighted by atomic mass is 16.2. The molecule has 1 N–H and O–H groups in total. The van der Waals surface area contributed by atoms with Crippen molar-refractivity contribution in [1.29, 1.82) is 0 Å². The lowest BCUT2D eigenvalue weighted by molar-refractivity contribution is -0.123. The van der Waals surface area contributed by atoms with E-state index in [0.717, 1.165) is 38.3 Å². The van der Waals surface area contributed by atoms with Crippen LogP contribution in [-0.4, -0.2) is 65.5 Å². The Balaban J connectivity index is 1.21. The molecule has 2 saturated heterocycles. The van der Waals surface area contributed by atoms with Crippen LogP contribution in [-0.2, 0) is 17.9 Å². The van der Waals surface area contributed by atoms with Crippen LogP contribution < -0.4 is 10.2 Å². The van der Waals surface area contributed by atoms with Crippen molar-refractivity contribution in [2.75, 3.05) is 37.6 Å². The Hall–Kier alpha value is -3.39. The third-order valence-electron chi connectivity index (χ3n) is 6.75. The van der Waals surface area contributed by atoms with E-state index in [1.165, 1.54) is 32.4 Å². The second-order valence-electron chi connectivity index (χ2n) is 9.13. The van der Waals surface area contributed by atoms with Gasteiger partial charge in [0, 0.05) is 50.4 Å². The molecular weight excluding hydrogens is 418 g/mol. The summed E-state index contributed by atoms with van der Waals surface area (Å²) in [5.41, 5.74) is 6.65. The van der Waals surface area contributed by atoms with Crippen LogP contribution >= 0.6 is 0 Å². The normalized spacial score (nSPS) is 19.2. The minimum atomic E-state index is -0.533. The highest BCUT2D eigenvalue weighted by Gasteiger charge is 2.37. The molecule has 0 spiro atoms. The highest BCUT2D eigenvalue weighted by Crippen LogP contribution is 2.27. The Morgan fingerprint density at radius 1 is 0.879 bits per heavy atom. The molecule has 33 heavy (non-hydrogen) atoms. The molecule has 2 fully saturated rings. The van der Waals surface area contributed by atoms with Gasteiger partial charge in [-0.15, -0.1) is 0 Å². The first-order valence-electron chi connectivity index (χ1n) is 11.5. The Bertz CT molecular complexity index is 1120. The van der Waals surface area contributed by atoms with Gasteiger partial charge in [-0.3, -0.25) is 19.8 Å². The number of nitrogens with zero attached hydrogens (tertiary/aromatic N) is 4. The summed E-state index contributed by atoms with van der Waals surface area (Å²) in [6.45, 7) is 9.66. The maximum Gasteiger partial charge on any atom is 0.342 e. The van der Waals surface area contributed by atoms with Gasteiger partial charge in [-0.05, 0) is 42.7 Å². The first-order valence-corrected chi connectivity index (χ1v) is 11.5. The fourth-order valence-electron chi connectivity index (χ4n) is 5.00. The van der Waals surface area contributed by atoms with Gasteiger partial charge in [0.05, 0.1) is 13.1 Å². The van der Waals surface area contributed by atoms with Crippen molar-refractivity contribution in [3.05, 3.63) is 64.2 Å². The quantitative estimate of drug-likeness (QED) is 0.779. The van der Waals surface area contributed by atoms with Crippen molar-refractivity contribution < 1.29 is 14.4 Å². The average Bonchev–Trinajstić information content (AvgIpc) is 3.10. The summed E-state index contributed by atoms with van der Waals surface area (Å²) in [7, 11) is 0. The summed E-state index contributed by atoms with van der Waals surface area (Å²) in [6, 6.07) is 12.1. The molecule has 3 heterocycles. The van der Waals surface area contributed by atoms with E-state index < -0.39 is 6.03 Å². The maximum atomic E-state index is 12.8. The van der Waals surface area contributed by atoms with Gasteiger partial charge in [0.25, 0.3) is 5.91 Å². The molecule has 8 heteroatoms. The van der Waals surface area contributed by atoms with Crippen LogP contribution in [0.5, 0.6) is 0 Å². The van der Waals surface area contributed by atoms with Crippen LogP contribution in [0.25, 0.3) is 0 Å². The number of carbonyl (C=O) groups is 3. The van der Waals surface area contributed by atoms with E-state index in [9.17, 15) is 14.4 Å². The standard InChI is InChI=1S/C25H29N5O3/c1-17-3-6-22(18(2)13-17)28-11-9-27(10-12-28)15-19-4-5-21-20(14-19)16-30(24(21)32)29-8-7-23(31)26-25(29)33/h3-6,13-14H,7-12,15-16H2,1-2H3,(H,26,31,33). The first kappa shape index (κ1) is 21.5. The number of hydrogen-bond donors (Lipinski definition) is 1. The monoisotopic (exact) mass is 447 g/mol. The molecule has 2 aromatic rings. The summed E-state index contributed by atoms with van der Waals surface area (Å²) < 4.78 is 0. The lowest BCUT2D eigenvalue weighted by Gasteiger charge is -2.37. The number of anilines is 1. The number of rotatable bonds is 4. The van der Waals surface area contributed by atoms with E-state index >= 15 is 0 Å². The van der Waals surface area contributed by atoms with E-state index in [1.54, 1.807) is 0 Å². The maximum absolute atomic E-state index is 12.8. The average molecular weight is 448 g/mol. The number of fused-ring (bicyclic) bond motifs is 1. The summed E-state index contributed by atoms with van der Waals surface area (Å²) in [6.07, 6.45) is 0.200. The van der Waals surface area contributed by atoms with Crippen LogP contribution in [0.4, 0.5) is 10.5 Å². The van der Waals surface area contributed by atoms with E-state index in [2.05, 4.69) is 53.2 Å².